The standard InChI is InChI=1S/C21H18ClFN2O5S2/c22-19-16-8-3-13(23)11-17(16)31-20(19)21(27)30-12-18(26)24-14-4-6-15(7-5-14)32(28,29)25-9-1-2-10-25/h3-8,11H,1-2,9-10,12H2,(H,24,26). The number of fused-ring (bicyclic) bond motifs is 1. The van der Waals surface area contributed by atoms with Gasteiger partial charge in [0.2, 0.25) is 10.0 Å². The molecule has 0 atom stereocenters. The molecule has 0 saturated carbocycles. The lowest BCUT2D eigenvalue weighted by Gasteiger charge is -2.15. The van der Waals surface area contributed by atoms with Gasteiger partial charge in [-0.05, 0) is 55.3 Å². The average Bonchev–Trinajstić information content (AvgIpc) is 3.41. The SMILES string of the molecule is O=C(COC(=O)c1sc2cc(F)ccc2c1Cl)Nc1ccc(S(=O)(=O)N2CCCC2)cc1. The van der Waals surface area contributed by atoms with E-state index in [0.717, 1.165) is 24.2 Å². The van der Waals surface area contributed by atoms with E-state index in [-0.39, 0.29) is 14.8 Å². The summed E-state index contributed by atoms with van der Waals surface area (Å²) in [5, 5.41) is 3.21. The minimum atomic E-state index is -3.54. The molecule has 1 saturated heterocycles. The number of anilines is 1. The number of esters is 1. The van der Waals surface area contributed by atoms with Gasteiger partial charge < -0.3 is 10.1 Å². The van der Waals surface area contributed by atoms with Gasteiger partial charge in [-0.1, -0.05) is 11.6 Å². The fraction of sp³-hybridized carbons (Fsp3) is 0.238. The molecule has 168 valence electrons. The Kier molecular flexibility index (Phi) is 6.47. The van der Waals surface area contributed by atoms with Crippen LogP contribution in [0.5, 0.6) is 0 Å². The highest BCUT2D eigenvalue weighted by molar-refractivity contribution is 7.89. The second-order valence-corrected chi connectivity index (χ2v) is 10.5. The number of amides is 1. The molecular formula is C21H18ClFN2O5S2. The zero-order valence-electron chi connectivity index (χ0n) is 16.6. The van der Waals surface area contributed by atoms with Crippen molar-refractivity contribution >= 4 is 60.6 Å². The van der Waals surface area contributed by atoms with E-state index in [9.17, 15) is 22.4 Å². The van der Waals surface area contributed by atoms with Crippen LogP contribution in [0.1, 0.15) is 22.5 Å². The molecule has 2 aromatic carbocycles. The maximum Gasteiger partial charge on any atom is 0.350 e. The number of ether oxygens (including phenoxy) is 1. The summed E-state index contributed by atoms with van der Waals surface area (Å²) < 4.78 is 45.4. The van der Waals surface area contributed by atoms with Gasteiger partial charge in [-0.25, -0.2) is 17.6 Å². The minimum Gasteiger partial charge on any atom is -0.451 e. The monoisotopic (exact) mass is 496 g/mol. The highest BCUT2D eigenvalue weighted by Gasteiger charge is 2.27. The van der Waals surface area contributed by atoms with Crippen molar-refractivity contribution in [2.24, 2.45) is 0 Å². The number of nitrogens with zero attached hydrogens (tertiary/aromatic N) is 1. The van der Waals surface area contributed by atoms with Crippen LogP contribution in [-0.4, -0.2) is 44.3 Å². The fourth-order valence-corrected chi connectivity index (χ4v) is 6.30. The number of carbonyl (C=O) groups is 2. The topological polar surface area (TPSA) is 92.8 Å². The number of halogens is 2. The molecule has 1 fully saturated rings. The van der Waals surface area contributed by atoms with Gasteiger partial charge in [-0.3, -0.25) is 4.79 Å². The van der Waals surface area contributed by atoms with Crippen molar-refractivity contribution in [3.05, 3.63) is 58.2 Å². The van der Waals surface area contributed by atoms with Crippen molar-refractivity contribution in [3.8, 4) is 0 Å². The molecule has 1 amide bonds. The molecule has 11 heteroatoms. The van der Waals surface area contributed by atoms with Gasteiger partial charge in [0.1, 0.15) is 10.7 Å². The molecule has 32 heavy (non-hydrogen) atoms. The fourth-order valence-electron chi connectivity index (χ4n) is 3.35. The third kappa shape index (κ3) is 4.63. The number of carbonyl (C=O) groups excluding carboxylic acids is 2. The Morgan fingerprint density at radius 3 is 2.50 bits per heavy atom. The van der Waals surface area contributed by atoms with Crippen molar-refractivity contribution in [1.82, 2.24) is 4.31 Å². The van der Waals surface area contributed by atoms with E-state index in [2.05, 4.69) is 5.32 Å². The van der Waals surface area contributed by atoms with E-state index in [1.54, 1.807) is 0 Å². The normalized spacial score (nSPS) is 14.6. The number of hydrogen-bond donors (Lipinski definition) is 1. The summed E-state index contributed by atoms with van der Waals surface area (Å²) in [6.07, 6.45) is 1.69. The number of benzene rings is 2. The first kappa shape index (κ1) is 22.7. The Morgan fingerprint density at radius 1 is 1.12 bits per heavy atom. The van der Waals surface area contributed by atoms with Crippen LogP contribution in [0.3, 0.4) is 0 Å². The summed E-state index contributed by atoms with van der Waals surface area (Å²) in [6.45, 7) is 0.446. The van der Waals surface area contributed by atoms with Crippen LogP contribution >= 0.6 is 22.9 Å². The van der Waals surface area contributed by atoms with E-state index in [4.69, 9.17) is 16.3 Å². The second-order valence-electron chi connectivity index (χ2n) is 7.15. The Morgan fingerprint density at radius 2 is 1.81 bits per heavy atom. The van der Waals surface area contributed by atoms with Gasteiger partial charge in [0.05, 0.1) is 9.92 Å². The van der Waals surface area contributed by atoms with Crippen LogP contribution in [0.25, 0.3) is 10.1 Å². The summed E-state index contributed by atoms with van der Waals surface area (Å²) in [4.78, 5) is 24.7. The Labute approximate surface area is 192 Å². The van der Waals surface area contributed by atoms with Crippen LogP contribution in [0.4, 0.5) is 10.1 Å². The van der Waals surface area contributed by atoms with Crippen LogP contribution in [0.15, 0.2) is 47.4 Å². The number of sulfonamides is 1. The number of rotatable bonds is 6. The predicted molar refractivity (Wildman–Crippen MR) is 120 cm³/mol. The second kappa shape index (κ2) is 9.14. The highest BCUT2D eigenvalue weighted by atomic mass is 35.5. The molecule has 0 aliphatic carbocycles. The molecule has 7 nitrogen and oxygen atoms in total. The van der Waals surface area contributed by atoms with E-state index < -0.39 is 34.3 Å². The van der Waals surface area contributed by atoms with Crippen molar-refractivity contribution in [3.63, 3.8) is 0 Å². The van der Waals surface area contributed by atoms with Crippen LogP contribution in [0, 0.1) is 5.82 Å². The molecular weight excluding hydrogens is 479 g/mol. The summed E-state index contributed by atoms with van der Waals surface area (Å²) in [6, 6.07) is 9.77. The molecule has 0 bridgehead atoms. The number of thiophene rings is 1. The lowest BCUT2D eigenvalue weighted by atomic mass is 10.2. The van der Waals surface area contributed by atoms with Gasteiger partial charge in [0.25, 0.3) is 5.91 Å². The molecule has 3 aromatic rings. The zero-order chi connectivity index (χ0) is 22.9. The van der Waals surface area contributed by atoms with E-state index in [0.29, 0.717) is 28.9 Å². The first-order valence-corrected chi connectivity index (χ1v) is 12.3. The van der Waals surface area contributed by atoms with Gasteiger partial charge in [0.15, 0.2) is 6.61 Å². The smallest absolute Gasteiger partial charge is 0.350 e. The largest absolute Gasteiger partial charge is 0.451 e. The van der Waals surface area contributed by atoms with Crippen molar-refractivity contribution in [2.45, 2.75) is 17.7 Å². The van der Waals surface area contributed by atoms with Crippen LogP contribution < -0.4 is 5.32 Å². The first-order chi connectivity index (χ1) is 15.3. The quantitative estimate of drug-likeness (QED) is 0.514. The van der Waals surface area contributed by atoms with Crippen LogP contribution in [-0.2, 0) is 19.6 Å². The molecule has 1 aromatic heterocycles. The molecule has 0 spiro atoms. The Bertz CT molecular complexity index is 1290. The number of hydrogen-bond acceptors (Lipinski definition) is 6. The van der Waals surface area contributed by atoms with Crippen molar-refractivity contribution in [2.75, 3.05) is 25.0 Å². The third-order valence-corrected chi connectivity index (χ3v) is 8.50. The van der Waals surface area contributed by atoms with Crippen molar-refractivity contribution in [1.29, 1.82) is 0 Å². The van der Waals surface area contributed by atoms with Crippen LogP contribution in [0.2, 0.25) is 5.02 Å². The Hall–Kier alpha value is -2.53. The lowest BCUT2D eigenvalue weighted by molar-refractivity contribution is -0.119. The van der Waals surface area contributed by atoms with Gasteiger partial charge in [0, 0.05) is 28.9 Å². The third-order valence-electron chi connectivity index (χ3n) is 4.95. The molecule has 1 N–H and O–H groups in total. The summed E-state index contributed by atoms with van der Waals surface area (Å²) in [7, 11) is -3.54. The zero-order valence-corrected chi connectivity index (χ0v) is 19.0. The lowest BCUT2D eigenvalue weighted by Crippen LogP contribution is -2.27. The van der Waals surface area contributed by atoms with E-state index in [1.807, 2.05) is 0 Å². The first-order valence-electron chi connectivity index (χ1n) is 9.70. The van der Waals surface area contributed by atoms with Crippen molar-refractivity contribution < 1.29 is 27.1 Å². The molecule has 1 aliphatic heterocycles. The molecule has 4 rings (SSSR count). The summed E-state index contributed by atoms with van der Waals surface area (Å²) in [5.41, 5.74) is 0.363. The maximum atomic E-state index is 13.4. The molecule has 2 heterocycles. The summed E-state index contributed by atoms with van der Waals surface area (Å²) >= 11 is 7.16. The molecule has 1 aliphatic rings. The highest BCUT2D eigenvalue weighted by Crippen LogP contribution is 2.36. The van der Waals surface area contributed by atoms with E-state index >= 15 is 0 Å². The average molecular weight is 497 g/mol. The number of nitrogens with one attached hydrogen (secondary N) is 1. The van der Waals surface area contributed by atoms with E-state index in [1.165, 1.54) is 46.8 Å². The van der Waals surface area contributed by atoms with Gasteiger partial charge >= 0.3 is 5.97 Å². The summed E-state index contributed by atoms with van der Waals surface area (Å²) in [5.74, 6) is -1.84. The van der Waals surface area contributed by atoms with Gasteiger partial charge in [-0.2, -0.15) is 4.31 Å². The molecule has 0 radical (unpaired) electrons. The maximum absolute atomic E-state index is 13.4. The minimum absolute atomic E-state index is 0.0801. The Balaban J connectivity index is 1.36. The predicted octanol–water partition coefficient (Wildman–Crippen LogP) is 4.27. The molecule has 0 unspecified atom stereocenters. The van der Waals surface area contributed by atoms with Gasteiger partial charge in [-0.15, -0.1) is 11.3 Å².